The van der Waals surface area contributed by atoms with Gasteiger partial charge in [-0.15, -0.1) is 0 Å². The molecule has 0 aliphatic carbocycles. The maximum absolute atomic E-state index is 5.66. The van der Waals surface area contributed by atoms with Crippen LogP contribution in [0.5, 0.6) is 0 Å². The largest absolute Gasteiger partial charge is 0.378 e. The van der Waals surface area contributed by atoms with Crippen LogP contribution < -0.4 is 0 Å². The van der Waals surface area contributed by atoms with Crippen molar-refractivity contribution in [3.63, 3.8) is 0 Å². The van der Waals surface area contributed by atoms with Crippen LogP contribution in [0.25, 0.3) is 0 Å². The van der Waals surface area contributed by atoms with Gasteiger partial charge in [0.1, 0.15) is 5.60 Å². The maximum atomic E-state index is 5.66. The second-order valence-electron chi connectivity index (χ2n) is 3.24. The highest BCUT2D eigenvalue weighted by atomic mass is 16.6. The van der Waals surface area contributed by atoms with Crippen molar-refractivity contribution >= 4 is 0 Å². The minimum absolute atomic E-state index is 0.0868. The zero-order valence-corrected chi connectivity index (χ0v) is 6.67. The van der Waals surface area contributed by atoms with Crippen molar-refractivity contribution in [2.45, 2.75) is 18.4 Å². The first kappa shape index (κ1) is 7.53. The fraction of sp³-hybridized carbons (Fsp3) is 1.00. The van der Waals surface area contributed by atoms with Crippen LogP contribution in [0.3, 0.4) is 0 Å². The van der Waals surface area contributed by atoms with Crippen LogP contribution in [-0.4, -0.2) is 38.6 Å². The van der Waals surface area contributed by atoms with E-state index >= 15 is 0 Å². The summed E-state index contributed by atoms with van der Waals surface area (Å²) in [5.41, 5.74) is -0.0868. The highest BCUT2D eigenvalue weighted by Crippen LogP contribution is 2.25. The first-order valence-electron chi connectivity index (χ1n) is 4.21. The first-order chi connectivity index (χ1) is 5.41. The molecule has 0 aromatic rings. The molecule has 0 saturated carbocycles. The summed E-state index contributed by atoms with van der Waals surface area (Å²) < 4.78 is 16.4. The molecule has 2 aliphatic rings. The van der Waals surface area contributed by atoms with Crippen molar-refractivity contribution in [3.05, 3.63) is 0 Å². The molecule has 2 fully saturated rings. The normalized spacial score (nSPS) is 39.3. The molecule has 3 nitrogen and oxygen atoms in total. The summed E-state index contributed by atoms with van der Waals surface area (Å²) in [5.74, 6) is 0. The van der Waals surface area contributed by atoms with Crippen molar-refractivity contribution in [3.8, 4) is 0 Å². The second kappa shape index (κ2) is 3.09. The van der Waals surface area contributed by atoms with Gasteiger partial charge in [-0.1, -0.05) is 0 Å². The minimum Gasteiger partial charge on any atom is -0.378 e. The van der Waals surface area contributed by atoms with E-state index in [0.29, 0.717) is 13.2 Å². The van der Waals surface area contributed by atoms with Gasteiger partial charge in [-0.2, -0.15) is 0 Å². The van der Waals surface area contributed by atoms with Crippen LogP contribution in [0.4, 0.5) is 0 Å². The maximum Gasteiger partial charge on any atom is 0.115 e. The van der Waals surface area contributed by atoms with Crippen molar-refractivity contribution in [2.24, 2.45) is 0 Å². The standard InChI is InChI=1S/C8H14O3/c1-2-8(6-9-3-1)7-10-4-5-11-8/h1-7H2. The van der Waals surface area contributed by atoms with Gasteiger partial charge in [0.05, 0.1) is 26.4 Å². The number of hydrogen-bond donors (Lipinski definition) is 0. The summed E-state index contributed by atoms with van der Waals surface area (Å²) in [6, 6.07) is 0. The molecule has 0 amide bonds. The third-order valence-electron chi connectivity index (χ3n) is 2.29. The molecule has 1 atom stereocenters. The molecule has 2 aliphatic heterocycles. The Hall–Kier alpha value is -0.120. The topological polar surface area (TPSA) is 27.7 Å². The molecule has 2 heterocycles. The highest BCUT2D eigenvalue weighted by molar-refractivity contribution is 4.84. The third-order valence-corrected chi connectivity index (χ3v) is 2.29. The summed E-state index contributed by atoms with van der Waals surface area (Å²) in [7, 11) is 0. The lowest BCUT2D eigenvalue weighted by molar-refractivity contribution is -0.201. The van der Waals surface area contributed by atoms with E-state index in [1.165, 1.54) is 0 Å². The van der Waals surface area contributed by atoms with Crippen molar-refractivity contribution in [1.82, 2.24) is 0 Å². The van der Waals surface area contributed by atoms with E-state index in [1.54, 1.807) is 0 Å². The van der Waals surface area contributed by atoms with Crippen molar-refractivity contribution < 1.29 is 14.2 Å². The van der Waals surface area contributed by atoms with E-state index in [-0.39, 0.29) is 5.60 Å². The third kappa shape index (κ3) is 1.55. The van der Waals surface area contributed by atoms with Gasteiger partial charge in [0, 0.05) is 6.61 Å². The lowest BCUT2D eigenvalue weighted by atomic mass is 9.97. The molecule has 2 saturated heterocycles. The molecule has 0 bridgehead atoms. The SMILES string of the molecule is C1COCC2(C1)COCCO2. The van der Waals surface area contributed by atoms with Crippen LogP contribution in [0, 0.1) is 0 Å². The zero-order valence-electron chi connectivity index (χ0n) is 6.67. The van der Waals surface area contributed by atoms with E-state index in [0.717, 1.165) is 32.7 Å². The molecule has 0 aromatic carbocycles. The second-order valence-corrected chi connectivity index (χ2v) is 3.24. The summed E-state index contributed by atoms with van der Waals surface area (Å²) in [4.78, 5) is 0. The fourth-order valence-electron chi connectivity index (χ4n) is 1.67. The smallest absolute Gasteiger partial charge is 0.115 e. The molecule has 0 N–H and O–H groups in total. The Morgan fingerprint density at radius 3 is 2.36 bits per heavy atom. The number of rotatable bonds is 0. The Balaban J connectivity index is 1.94. The van der Waals surface area contributed by atoms with E-state index < -0.39 is 0 Å². The van der Waals surface area contributed by atoms with E-state index in [9.17, 15) is 0 Å². The molecule has 1 spiro atoms. The summed E-state index contributed by atoms with van der Waals surface area (Å²) >= 11 is 0. The lowest BCUT2D eigenvalue weighted by Gasteiger charge is -2.39. The molecular weight excluding hydrogens is 144 g/mol. The van der Waals surface area contributed by atoms with Gasteiger partial charge in [0.25, 0.3) is 0 Å². The summed E-state index contributed by atoms with van der Waals surface area (Å²) in [6.07, 6.45) is 2.19. The Morgan fingerprint density at radius 1 is 0.909 bits per heavy atom. The molecule has 3 heteroatoms. The average molecular weight is 158 g/mol. The van der Waals surface area contributed by atoms with E-state index in [4.69, 9.17) is 14.2 Å². The van der Waals surface area contributed by atoms with Crippen molar-refractivity contribution in [2.75, 3.05) is 33.0 Å². The van der Waals surface area contributed by atoms with Gasteiger partial charge in [-0.3, -0.25) is 0 Å². The Bertz CT molecular complexity index is 104. The molecule has 64 valence electrons. The number of ether oxygens (including phenoxy) is 3. The van der Waals surface area contributed by atoms with Gasteiger partial charge in [0.2, 0.25) is 0 Å². The molecule has 0 aromatic heterocycles. The fourth-order valence-corrected chi connectivity index (χ4v) is 1.67. The van der Waals surface area contributed by atoms with Crippen LogP contribution in [0.15, 0.2) is 0 Å². The van der Waals surface area contributed by atoms with Gasteiger partial charge in [-0.05, 0) is 12.8 Å². The van der Waals surface area contributed by atoms with Gasteiger partial charge < -0.3 is 14.2 Å². The molecule has 0 radical (unpaired) electrons. The van der Waals surface area contributed by atoms with Crippen LogP contribution >= 0.6 is 0 Å². The van der Waals surface area contributed by atoms with Gasteiger partial charge >= 0.3 is 0 Å². The molecule has 11 heavy (non-hydrogen) atoms. The molecule has 1 unspecified atom stereocenters. The van der Waals surface area contributed by atoms with Gasteiger partial charge in [-0.25, -0.2) is 0 Å². The van der Waals surface area contributed by atoms with Gasteiger partial charge in [0.15, 0.2) is 0 Å². The Labute approximate surface area is 66.6 Å². The zero-order chi connectivity index (χ0) is 7.57. The quantitative estimate of drug-likeness (QED) is 0.516. The lowest BCUT2D eigenvalue weighted by Crippen LogP contribution is -2.49. The minimum atomic E-state index is -0.0868. The molecular formula is C8H14O3. The summed E-state index contributed by atoms with van der Waals surface area (Å²) in [6.45, 7) is 3.77. The Morgan fingerprint density at radius 2 is 1.73 bits per heavy atom. The van der Waals surface area contributed by atoms with Crippen LogP contribution in [-0.2, 0) is 14.2 Å². The predicted octanol–water partition coefficient (Wildman–Crippen LogP) is 0.582. The Kier molecular flexibility index (Phi) is 2.11. The van der Waals surface area contributed by atoms with Crippen LogP contribution in [0.1, 0.15) is 12.8 Å². The predicted molar refractivity (Wildman–Crippen MR) is 39.6 cm³/mol. The van der Waals surface area contributed by atoms with E-state index in [2.05, 4.69) is 0 Å². The molecule has 2 rings (SSSR count). The summed E-state index contributed by atoms with van der Waals surface area (Å²) in [5, 5.41) is 0. The monoisotopic (exact) mass is 158 g/mol. The van der Waals surface area contributed by atoms with Crippen LogP contribution in [0.2, 0.25) is 0 Å². The first-order valence-corrected chi connectivity index (χ1v) is 4.21. The number of hydrogen-bond acceptors (Lipinski definition) is 3. The van der Waals surface area contributed by atoms with E-state index in [1.807, 2.05) is 0 Å². The van der Waals surface area contributed by atoms with Crippen molar-refractivity contribution in [1.29, 1.82) is 0 Å². The average Bonchev–Trinajstić information content (AvgIpc) is 2.07. The highest BCUT2D eigenvalue weighted by Gasteiger charge is 2.36.